The van der Waals surface area contributed by atoms with Crippen LogP contribution in [0.4, 0.5) is 11.6 Å². The van der Waals surface area contributed by atoms with E-state index in [1.807, 2.05) is 5.32 Å². The minimum Gasteiger partial charge on any atom is -0.481 e. The molecule has 0 saturated heterocycles. The van der Waals surface area contributed by atoms with Crippen LogP contribution in [0, 0.1) is 0 Å². The number of aliphatic hydroxyl groups excluding tert-OH is 15. The highest BCUT2D eigenvalue weighted by molar-refractivity contribution is 7.80. The van der Waals surface area contributed by atoms with Gasteiger partial charge in [-0.3, -0.25) is 67.3 Å². The standard InChI is InChI=1S/C65H98N16O34S/c66-65-80-55-48(62(111)81-65)72-28(18-71-55)17-67-27-3-1-26(2-4-27)56(105)78-34(63(112)113)8-14-45(94)73-29(5-11-42(91)68-19-36(85)49(99)52(102)39(88)22-82)57(106)76-32(9-15-46(95)96)59(108)74-30(6-12-43(92)69-20-37(86)50(100)53(103)40(89)23-83)58(107)77-33(10-16-47(97)98)60(109)75-31(61(110)79-35(25-116)64(114)115)7-13-44(93)70-21-38(87)51(101)54(104)41(90)24-84/h1-4,18,29-41,49-54,67,82-90,99-104,116H,5-17,19-25H2,(H,68,91)(H,69,92)(H,70,93)(H,73,94)(H,74,108)(H,75,109)(H,76,106)(H,77,107)(H,78,105)(H,79,110)(H,95,96)(H,97,98)(H,112,113)(H,114,115)(H3,66,71,80,81,111)/t29-,30-,31-,32-,33-,34-,35+,36-,37-,38-,39+,40+,41+,49+,50+,51+,52+,53+,54+/m0/s1. The lowest BCUT2D eigenvalue weighted by molar-refractivity contribution is -0.142. The molecule has 19 atom stereocenters. The zero-order valence-corrected chi connectivity index (χ0v) is 62.4. The lowest BCUT2D eigenvalue weighted by Gasteiger charge is -2.28. The highest BCUT2D eigenvalue weighted by Gasteiger charge is 2.38. The van der Waals surface area contributed by atoms with E-state index in [1.165, 1.54) is 30.5 Å². The maximum absolute atomic E-state index is 14.6. The number of hydrogen-bond acceptors (Lipinski definition) is 36. The number of aliphatic carboxylic acids is 4. The quantitative estimate of drug-likeness (QED) is 0.0233. The predicted octanol–water partition coefficient (Wildman–Crippen LogP) is -14.5. The molecule has 0 aliphatic heterocycles. The summed E-state index contributed by atoms with van der Waals surface area (Å²) in [6, 6.07) is -9.01. The van der Waals surface area contributed by atoms with Gasteiger partial charge in [0.1, 0.15) is 97.2 Å². The van der Waals surface area contributed by atoms with Gasteiger partial charge in [0.2, 0.25) is 59.1 Å². The van der Waals surface area contributed by atoms with Crippen LogP contribution < -0.4 is 69.8 Å². The van der Waals surface area contributed by atoms with Crippen LogP contribution in [0.2, 0.25) is 0 Å². The van der Waals surface area contributed by atoms with Crippen molar-refractivity contribution in [3.05, 3.63) is 52.1 Å². The number of H-pyrrole nitrogens is 1. The normalized spacial score (nSPS) is 16.3. The second-order valence-corrected chi connectivity index (χ2v) is 26.4. The molecule has 3 aromatic rings. The molecule has 0 aliphatic rings. The molecular formula is C65H98N16O34S. The number of hydrogen-bond donors (Lipinski definition) is 33. The highest BCUT2D eigenvalue weighted by Crippen LogP contribution is 2.16. The summed E-state index contributed by atoms with van der Waals surface area (Å²) in [7, 11) is 0. The Labute approximate surface area is 660 Å². The molecule has 0 unspecified atom stereocenters. The first-order valence-corrected chi connectivity index (χ1v) is 36.0. The van der Waals surface area contributed by atoms with Crippen LogP contribution in [-0.2, 0) is 68.9 Å². The number of aromatic nitrogens is 4. The molecule has 648 valence electrons. The number of nitrogen functional groups attached to an aromatic ring is 1. The van der Waals surface area contributed by atoms with Crippen molar-refractivity contribution in [1.29, 1.82) is 0 Å². The average Bonchev–Trinajstić information content (AvgIpc) is 0.810. The number of carbonyl (C=O) groups excluding carboxylic acids is 10. The Morgan fingerprint density at radius 3 is 1.09 bits per heavy atom. The van der Waals surface area contributed by atoms with Gasteiger partial charge in [-0.2, -0.15) is 17.6 Å². The molecular weight excluding hydrogens is 1580 g/mol. The largest absolute Gasteiger partial charge is 0.481 e. The Balaban J connectivity index is 2.05. The number of aromatic amines is 1. The molecule has 2 heterocycles. The van der Waals surface area contributed by atoms with Crippen LogP contribution in [0.5, 0.6) is 0 Å². The van der Waals surface area contributed by atoms with E-state index in [0.29, 0.717) is 5.69 Å². The number of nitrogens with two attached hydrogens (primary N) is 1. The van der Waals surface area contributed by atoms with Crippen molar-refractivity contribution in [3.63, 3.8) is 0 Å². The van der Waals surface area contributed by atoms with E-state index in [4.69, 9.17) is 10.8 Å². The summed E-state index contributed by atoms with van der Waals surface area (Å²) in [5, 5.41) is 212. The Morgan fingerprint density at radius 1 is 0.414 bits per heavy atom. The maximum Gasteiger partial charge on any atom is 0.327 e. The third-order valence-electron chi connectivity index (χ3n) is 17.1. The van der Waals surface area contributed by atoms with Crippen molar-refractivity contribution in [2.45, 2.75) is 199 Å². The second kappa shape index (κ2) is 50.0. The van der Waals surface area contributed by atoms with Crippen molar-refractivity contribution < 1.29 is 164 Å². The molecule has 0 bridgehead atoms. The van der Waals surface area contributed by atoms with Crippen molar-refractivity contribution in [1.82, 2.24) is 73.1 Å². The smallest absolute Gasteiger partial charge is 0.327 e. The Bertz CT molecular complexity index is 3870. The third-order valence-corrected chi connectivity index (χ3v) is 17.5. The van der Waals surface area contributed by atoms with Gasteiger partial charge in [-0.1, -0.05) is 0 Å². The molecule has 0 aliphatic carbocycles. The van der Waals surface area contributed by atoms with Gasteiger partial charge in [-0.25, -0.2) is 19.6 Å². The van der Waals surface area contributed by atoms with Crippen molar-refractivity contribution in [2.24, 2.45) is 0 Å². The molecule has 2 aromatic heterocycles. The first kappa shape index (κ1) is 99.6. The van der Waals surface area contributed by atoms with Crippen LogP contribution in [0.25, 0.3) is 11.2 Å². The summed E-state index contributed by atoms with van der Waals surface area (Å²) >= 11 is 3.87. The molecule has 10 amide bonds. The molecule has 0 radical (unpaired) electrons. The van der Waals surface area contributed by atoms with Crippen molar-refractivity contribution in [3.8, 4) is 0 Å². The zero-order chi connectivity index (χ0) is 87.4. The molecule has 3 rings (SSSR count). The lowest BCUT2D eigenvalue weighted by Crippen LogP contribution is -2.59. The number of carbonyl (C=O) groups is 14. The van der Waals surface area contributed by atoms with Gasteiger partial charge >= 0.3 is 23.9 Å². The first-order valence-electron chi connectivity index (χ1n) is 35.3. The van der Waals surface area contributed by atoms with E-state index in [0.717, 1.165) is 0 Å². The number of carboxylic acids is 4. The number of thiol groups is 1. The number of rotatable bonds is 55. The fraction of sp³-hybridized carbons (Fsp3) is 0.600. The summed E-state index contributed by atoms with van der Waals surface area (Å²) in [5.41, 5.74) is 5.35. The summed E-state index contributed by atoms with van der Waals surface area (Å²) in [6.07, 6.45) is -34.8. The van der Waals surface area contributed by atoms with Gasteiger partial charge < -0.3 is 161 Å². The number of aliphatic hydroxyl groups is 15. The highest BCUT2D eigenvalue weighted by atomic mass is 32.1. The third kappa shape index (κ3) is 34.0. The average molecular weight is 1680 g/mol. The first-order chi connectivity index (χ1) is 54.5. The van der Waals surface area contributed by atoms with E-state index in [2.05, 4.69) is 85.7 Å². The number of nitrogens with zero attached hydrogens (tertiary/aromatic N) is 3. The number of anilines is 2. The Kier molecular flexibility index (Phi) is 42.9. The molecule has 0 fully saturated rings. The van der Waals surface area contributed by atoms with Crippen LogP contribution in [0.1, 0.15) is 93.1 Å². The van der Waals surface area contributed by atoms with Gasteiger partial charge in [-0.05, 0) is 62.8 Å². The van der Waals surface area contributed by atoms with Crippen LogP contribution in [-0.4, -0.2) is 361 Å². The molecule has 0 saturated carbocycles. The number of amides is 10. The minimum atomic E-state index is -2.25. The van der Waals surface area contributed by atoms with Crippen LogP contribution in [0.15, 0.2) is 35.3 Å². The number of benzene rings is 1. The fourth-order valence-corrected chi connectivity index (χ4v) is 10.5. The Morgan fingerprint density at radius 2 is 0.741 bits per heavy atom. The van der Waals surface area contributed by atoms with Gasteiger partial charge in [0.05, 0.1) is 56.6 Å². The molecule has 50 nitrogen and oxygen atoms in total. The zero-order valence-electron chi connectivity index (χ0n) is 61.5. The van der Waals surface area contributed by atoms with E-state index in [1.54, 1.807) is 0 Å². The number of carboxylic acid groups (broad SMARTS) is 4. The molecule has 116 heavy (non-hydrogen) atoms. The van der Waals surface area contributed by atoms with Crippen molar-refractivity contribution >= 4 is 118 Å². The van der Waals surface area contributed by atoms with Gasteiger partial charge in [0.15, 0.2) is 11.2 Å². The lowest BCUT2D eigenvalue weighted by atomic mass is 10.0. The molecule has 33 N–H and O–H groups in total. The predicted molar refractivity (Wildman–Crippen MR) is 391 cm³/mol. The summed E-state index contributed by atoms with van der Waals surface area (Å²) in [5.74, 6) is -20.5. The fourth-order valence-electron chi connectivity index (χ4n) is 10.3. The van der Waals surface area contributed by atoms with Gasteiger partial charge in [-0.15, -0.1) is 0 Å². The maximum atomic E-state index is 14.6. The number of nitrogens with one attached hydrogen (secondary N) is 12. The van der Waals surface area contributed by atoms with Crippen LogP contribution >= 0.6 is 12.6 Å². The number of fused-ring (bicyclic) bond motifs is 1. The molecule has 0 spiro atoms. The van der Waals surface area contributed by atoms with E-state index in [9.17, 15) is 164 Å². The van der Waals surface area contributed by atoms with E-state index in [-0.39, 0.29) is 34.9 Å². The summed E-state index contributed by atoms with van der Waals surface area (Å²) in [4.78, 5) is 214. The van der Waals surface area contributed by atoms with E-state index >= 15 is 0 Å². The summed E-state index contributed by atoms with van der Waals surface area (Å²) in [6.45, 7) is -5.97. The topological polar surface area (TPSA) is 853 Å². The summed E-state index contributed by atoms with van der Waals surface area (Å²) < 4.78 is 0. The SMILES string of the molecule is Nc1nc2ncc(CNc3ccc(C(=O)N[C@@H](CCC(=O)N[C@@H](CCC(=O)NC[C@H](O)[C@@H](O)[C@H](O)[C@H](O)CO)C(=O)N[C@@H](CCC(=O)O)C(=O)N[C@@H](CCC(=O)NC[C@H](O)[C@@H](O)[C@H](O)[C@H](O)CO)C(=O)N[C@@H](CCC(=O)O)C(=O)N[C@@H](CCC(=O)NC[C@H](O)[C@@H](O)[C@H](O)[C@H](O)CO)C(=O)N[C@H](CS)C(=O)O)C(=O)O)cc3)nc2c(=O)[nH]1. The molecule has 51 heteroatoms. The van der Waals surface area contributed by atoms with E-state index < -0.39 is 326 Å². The Hall–Kier alpha value is -10.6. The minimum absolute atomic E-state index is 0.00179. The van der Waals surface area contributed by atoms with Gasteiger partial charge in [0.25, 0.3) is 11.5 Å². The van der Waals surface area contributed by atoms with Crippen molar-refractivity contribution in [2.75, 3.05) is 56.3 Å². The van der Waals surface area contributed by atoms with Gasteiger partial charge in [0, 0.05) is 75.2 Å². The monoisotopic (exact) mass is 1680 g/mol. The molecule has 1 aromatic carbocycles. The van der Waals surface area contributed by atoms with Crippen LogP contribution in [0.3, 0.4) is 0 Å². The second-order valence-electron chi connectivity index (χ2n) is 26.1.